The molecule has 0 saturated heterocycles. The van der Waals surface area contributed by atoms with E-state index in [1.807, 2.05) is 38.1 Å². The number of nitrogens with zero attached hydrogens (tertiary/aromatic N) is 2. The van der Waals surface area contributed by atoms with E-state index in [4.69, 9.17) is 10.6 Å². The van der Waals surface area contributed by atoms with E-state index in [0.29, 0.717) is 0 Å². The van der Waals surface area contributed by atoms with Crippen LogP contribution in [0.25, 0.3) is 0 Å². The van der Waals surface area contributed by atoms with Crippen molar-refractivity contribution in [3.63, 3.8) is 0 Å². The van der Waals surface area contributed by atoms with Gasteiger partial charge in [0.1, 0.15) is 5.75 Å². The molecule has 1 atom stereocenters. The van der Waals surface area contributed by atoms with Crippen LogP contribution < -0.4 is 16.0 Å². The monoisotopic (exact) mass is 264 g/mol. The van der Waals surface area contributed by atoms with E-state index in [0.717, 1.165) is 16.2 Å². The fourth-order valence-electron chi connectivity index (χ4n) is 1.68. The highest BCUT2D eigenvalue weighted by Gasteiger charge is 2.15. The molecule has 1 unspecified atom stereocenters. The number of hydrogen-bond acceptors (Lipinski definition) is 6. The molecule has 2 rings (SSSR count). The summed E-state index contributed by atoms with van der Waals surface area (Å²) in [5, 5.41) is 3.83. The van der Waals surface area contributed by atoms with Crippen molar-refractivity contribution in [2.45, 2.75) is 26.0 Å². The van der Waals surface area contributed by atoms with Crippen LogP contribution in [0.1, 0.15) is 30.3 Å². The number of aromatic nitrogens is 2. The zero-order valence-corrected chi connectivity index (χ0v) is 11.1. The largest absolute Gasteiger partial charge is 0.491 e. The third-order valence-electron chi connectivity index (χ3n) is 2.39. The van der Waals surface area contributed by atoms with Crippen LogP contribution >= 0.6 is 11.5 Å². The Kier molecular flexibility index (Phi) is 4.24. The summed E-state index contributed by atoms with van der Waals surface area (Å²) < 4.78 is 9.52. The molecule has 0 spiro atoms. The average Bonchev–Trinajstić information content (AvgIpc) is 2.83. The normalized spacial score (nSPS) is 12.7. The van der Waals surface area contributed by atoms with Crippen molar-refractivity contribution in [2.24, 2.45) is 5.84 Å². The van der Waals surface area contributed by atoms with E-state index in [1.165, 1.54) is 11.5 Å². The summed E-state index contributed by atoms with van der Waals surface area (Å²) >= 11 is 1.33. The molecule has 18 heavy (non-hydrogen) atoms. The first-order chi connectivity index (χ1) is 8.70. The van der Waals surface area contributed by atoms with Gasteiger partial charge in [-0.15, -0.1) is 5.10 Å². The van der Waals surface area contributed by atoms with E-state index >= 15 is 0 Å². The van der Waals surface area contributed by atoms with Gasteiger partial charge in [0, 0.05) is 0 Å². The summed E-state index contributed by atoms with van der Waals surface area (Å²) in [6.07, 6.45) is 1.86. The molecule has 0 amide bonds. The summed E-state index contributed by atoms with van der Waals surface area (Å²) in [5.41, 5.74) is 3.81. The Morgan fingerprint density at radius 2 is 2.22 bits per heavy atom. The van der Waals surface area contributed by atoms with E-state index in [1.54, 1.807) is 6.20 Å². The Hall–Kier alpha value is -1.50. The van der Waals surface area contributed by atoms with Crippen LogP contribution in [0.15, 0.2) is 30.5 Å². The lowest BCUT2D eigenvalue weighted by atomic mass is 10.1. The van der Waals surface area contributed by atoms with Gasteiger partial charge in [-0.05, 0) is 43.1 Å². The number of rotatable bonds is 5. The summed E-state index contributed by atoms with van der Waals surface area (Å²) in [7, 11) is 0. The van der Waals surface area contributed by atoms with Crippen molar-refractivity contribution >= 4 is 11.5 Å². The fourth-order valence-corrected chi connectivity index (χ4v) is 2.28. The molecule has 0 aliphatic rings. The van der Waals surface area contributed by atoms with Gasteiger partial charge in [-0.2, -0.15) is 0 Å². The van der Waals surface area contributed by atoms with Crippen molar-refractivity contribution in [2.75, 3.05) is 0 Å². The molecule has 3 N–H and O–H groups in total. The summed E-state index contributed by atoms with van der Waals surface area (Å²) in [6, 6.07) is 7.75. The molecule has 1 heterocycles. The van der Waals surface area contributed by atoms with Crippen LogP contribution in [-0.2, 0) is 0 Å². The molecule has 96 valence electrons. The summed E-state index contributed by atoms with van der Waals surface area (Å²) in [4.78, 5) is 0.971. The summed E-state index contributed by atoms with van der Waals surface area (Å²) in [5.74, 6) is 6.44. The lowest BCUT2D eigenvalue weighted by Crippen LogP contribution is -2.28. The smallest absolute Gasteiger partial charge is 0.120 e. The van der Waals surface area contributed by atoms with E-state index < -0.39 is 0 Å². The predicted molar refractivity (Wildman–Crippen MR) is 71.3 cm³/mol. The maximum atomic E-state index is 5.67. The molecule has 2 aromatic rings. The van der Waals surface area contributed by atoms with Crippen molar-refractivity contribution in [1.29, 1.82) is 0 Å². The first-order valence-electron chi connectivity index (χ1n) is 5.70. The van der Waals surface area contributed by atoms with Crippen LogP contribution in [0.2, 0.25) is 0 Å². The number of nitrogens with two attached hydrogens (primary N) is 1. The standard InChI is InChI=1S/C12H16N4OS/c1-8(2)17-10-5-3-4-9(6-10)12(15-13)11-7-14-16-18-11/h3-8,12,15H,13H2,1-2H3. The van der Waals surface area contributed by atoms with Gasteiger partial charge in [0.15, 0.2) is 0 Å². The lowest BCUT2D eigenvalue weighted by molar-refractivity contribution is 0.242. The minimum absolute atomic E-state index is 0.110. The SMILES string of the molecule is CC(C)Oc1cccc(C(NN)c2cnns2)c1. The van der Waals surface area contributed by atoms with Crippen LogP contribution in [0.5, 0.6) is 5.75 Å². The zero-order chi connectivity index (χ0) is 13.0. The van der Waals surface area contributed by atoms with Crippen LogP contribution in [0.3, 0.4) is 0 Å². The highest BCUT2D eigenvalue weighted by molar-refractivity contribution is 7.05. The Labute approximate surface area is 110 Å². The Morgan fingerprint density at radius 1 is 1.39 bits per heavy atom. The second-order valence-electron chi connectivity index (χ2n) is 4.16. The molecular weight excluding hydrogens is 248 g/mol. The Bertz CT molecular complexity index is 487. The minimum atomic E-state index is -0.110. The van der Waals surface area contributed by atoms with Crippen LogP contribution in [0, 0.1) is 0 Å². The van der Waals surface area contributed by atoms with Gasteiger partial charge in [-0.3, -0.25) is 5.84 Å². The lowest BCUT2D eigenvalue weighted by Gasteiger charge is -2.16. The molecule has 0 radical (unpaired) electrons. The van der Waals surface area contributed by atoms with Crippen molar-refractivity contribution in [1.82, 2.24) is 15.0 Å². The number of hydrogen-bond donors (Lipinski definition) is 2. The van der Waals surface area contributed by atoms with Crippen molar-refractivity contribution < 1.29 is 4.74 Å². The molecule has 0 aliphatic carbocycles. The van der Waals surface area contributed by atoms with Gasteiger partial charge in [0.05, 0.1) is 23.2 Å². The third kappa shape index (κ3) is 3.04. The molecule has 0 saturated carbocycles. The molecule has 1 aromatic heterocycles. The fraction of sp³-hybridized carbons (Fsp3) is 0.333. The molecule has 6 heteroatoms. The van der Waals surface area contributed by atoms with Gasteiger partial charge in [-0.1, -0.05) is 16.6 Å². The first-order valence-corrected chi connectivity index (χ1v) is 6.48. The predicted octanol–water partition coefficient (Wildman–Crippen LogP) is 1.88. The molecule has 0 bridgehead atoms. The van der Waals surface area contributed by atoms with Gasteiger partial charge in [-0.25, -0.2) is 5.43 Å². The van der Waals surface area contributed by atoms with Crippen LogP contribution in [-0.4, -0.2) is 15.7 Å². The zero-order valence-electron chi connectivity index (χ0n) is 10.3. The quantitative estimate of drug-likeness (QED) is 0.637. The summed E-state index contributed by atoms with van der Waals surface area (Å²) in [6.45, 7) is 4.00. The molecular formula is C12H16N4OS. The van der Waals surface area contributed by atoms with Crippen molar-refractivity contribution in [3.05, 3.63) is 40.9 Å². The second-order valence-corrected chi connectivity index (χ2v) is 4.98. The highest BCUT2D eigenvalue weighted by Crippen LogP contribution is 2.26. The van der Waals surface area contributed by atoms with Gasteiger partial charge < -0.3 is 4.74 Å². The van der Waals surface area contributed by atoms with Crippen LogP contribution in [0.4, 0.5) is 0 Å². The minimum Gasteiger partial charge on any atom is -0.491 e. The van der Waals surface area contributed by atoms with Gasteiger partial charge >= 0.3 is 0 Å². The van der Waals surface area contributed by atoms with Crippen molar-refractivity contribution in [3.8, 4) is 5.75 Å². The maximum absolute atomic E-state index is 5.67. The molecule has 0 aliphatic heterocycles. The van der Waals surface area contributed by atoms with E-state index in [-0.39, 0.29) is 12.1 Å². The number of ether oxygens (including phenoxy) is 1. The first kappa shape index (κ1) is 12.9. The average molecular weight is 264 g/mol. The highest BCUT2D eigenvalue weighted by atomic mass is 32.1. The Balaban J connectivity index is 2.26. The van der Waals surface area contributed by atoms with Gasteiger partial charge in [0.2, 0.25) is 0 Å². The molecule has 5 nitrogen and oxygen atoms in total. The molecule has 1 aromatic carbocycles. The number of hydrazine groups is 1. The second kappa shape index (κ2) is 5.90. The van der Waals surface area contributed by atoms with Gasteiger partial charge in [0.25, 0.3) is 0 Å². The third-order valence-corrected chi connectivity index (χ3v) is 3.12. The maximum Gasteiger partial charge on any atom is 0.120 e. The number of nitrogens with one attached hydrogen (secondary N) is 1. The van der Waals surface area contributed by atoms with E-state index in [9.17, 15) is 0 Å². The van der Waals surface area contributed by atoms with E-state index in [2.05, 4.69) is 15.0 Å². The Morgan fingerprint density at radius 3 is 2.83 bits per heavy atom. The topological polar surface area (TPSA) is 73.1 Å². The number of benzene rings is 1. The molecule has 0 fully saturated rings.